The van der Waals surface area contributed by atoms with Gasteiger partial charge in [0.05, 0.1) is 5.56 Å². The van der Waals surface area contributed by atoms with Crippen molar-refractivity contribution in [1.82, 2.24) is 4.98 Å². The third kappa shape index (κ3) is 4.74. The molecule has 1 heterocycles. The van der Waals surface area contributed by atoms with E-state index in [1.807, 2.05) is 0 Å². The maximum Gasteiger partial charge on any atom is 0.416 e. The summed E-state index contributed by atoms with van der Waals surface area (Å²) in [5, 5.41) is 11.4. The number of hydrogen-bond donors (Lipinski definition) is 2. The first kappa shape index (κ1) is 15.2. The first-order valence-electron chi connectivity index (χ1n) is 5.36. The second-order valence-corrected chi connectivity index (χ2v) is 3.74. The molecule has 106 valence electrons. The molecule has 1 rings (SSSR count). The lowest BCUT2D eigenvalue weighted by Gasteiger charge is -2.15. The number of pyridine rings is 1. The van der Waals surface area contributed by atoms with Gasteiger partial charge in [0.1, 0.15) is 11.9 Å². The van der Waals surface area contributed by atoms with E-state index < -0.39 is 23.8 Å². The fourth-order valence-electron chi connectivity index (χ4n) is 1.36. The number of nitrogens with one attached hydrogen (secondary N) is 1. The quantitative estimate of drug-likeness (QED) is 0.832. The number of anilines is 1. The van der Waals surface area contributed by atoms with Gasteiger partial charge in [0.25, 0.3) is 0 Å². The van der Waals surface area contributed by atoms with Gasteiger partial charge in [-0.25, -0.2) is 9.78 Å². The predicted octanol–water partition coefficient (Wildman–Crippen LogP) is 2.00. The second kappa shape index (κ2) is 6.37. The minimum atomic E-state index is -4.50. The Morgan fingerprint density at radius 2 is 2.26 bits per heavy atom. The third-order valence-electron chi connectivity index (χ3n) is 2.32. The Hall–Kier alpha value is -1.83. The van der Waals surface area contributed by atoms with Crippen LogP contribution in [0.25, 0.3) is 0 Å². The van der Waals surface area contributed by atoms with E-state index >= 15 is 0 Å². The molecule has 1 aromatic heterocycles. The van der Waals surface area contributed by atoms with Crippen LogP contribution in [0.1, 0.15) is 12.0 Å². The predicted molar refractivity (Wildman–Crippen MR) is 60.8 cm³/mol. The molecule has 0 saturated carbocycles. The number of ether oxygens (including phenoxy) is 1. The Labute approximate surface area is 107 Å². The molecule has 0 aliphatic heterocycles. The highest BCUT2D eigenvalue weighted by atomic mass is 19.4. The van der Waals surface area contributed by atoms with E-state index in [1.165, 1.54) is 7.11 Å². The van der Waals surface area contributed by atoms with Crippen molar-refractivity contribution >= 4 is 11.8 Å². The lowest BCUT2D eigenvalue weighted by molar-refractivity contribution is -0.138. The fraction of sp³-hybridized carbons (Fsp3) is 0.455. The van der Waals surface area contributed by atoms with E-state index in [4.69, 9.17) is 9.84 Å². The van der Waals surface area contributed by atoms with Crippen LogP contribution >= 0.6 is 0 Å². The van der Waals surface area contributed by atoms with E-state index in [9.17, 15) is 18.0 Å². The molecule has 0 fully saturated rings. The minimum Gasteiger partial charge on any atom is -0.480 e. The molecule has 19 heavy (non-hydrogen) atoms. The normalized spacial score (nSPS) is 13.1. The van der Waals surface area contributed by atoms with Gasteiger partial charge >= 0.3 is 12.1 Å². The summed E-state index contributed by atoms with van der Waals surface area (Å²) >= 11 is 0. The summed E-state index contributed by atoms with van der Waals surface area (Å²) in [6.45, 7) is 0.170. The van der Waals surface area contributed by atoms with E-state index in [-0.39, 0.29) is 18.8 Å². The third-order valence-corrected chi connectivity index (χ3v) is 2.32. The maximum atomic E-state index is 12.5. The van der Waals surface area contributed by atoms with E-state index in [0.717, 1.165) is 18.3 Å². The SMILES string of the molecule is COCCC(Nc1cc(C(F)(F)F)ccn1)C(=O)O. The summed E-state index contributed by atoms with van der Waals surface area (Å²) < 4.78 is 42.2. The molecular weight excluding hydrogens is 265 g/mol. The van der Waals surface area contributed by atoms with Crippen LogP contribution in [-0.2, 0) is 15.7 Å². The van der Waals surface area contributed by atoms with Gasteiger partial charge in [0.2, 0.25) is 0 Å². The van der Waals surface area contributed by atoms with Gasteiger partial charge in [-0.2, -0.15) is 13.2 Å². The van der Waals surface area contributed by atoms with Crippen LogP contribution in [0.4, 0.5) is 19.0 Å². The van der Waals surface area contributed by atoms with Crippen LogP contribution in [0, 0.1) is 0 Å². The van der Waals surface area contributed by atoms with Crippen molar-refractivity contribution in [3.63, 3.8) is 0 Å². The van der Waals surface area contributed by atoms with Gasteiger partial charge in [-0.05, 0) is 12.1 Å². The van der Waals surface area contributed by atoms with Crippen molar-refractivity contribution in [3.8, 4) is 0 Å². The Bertz CT molecular complexity index is 437. The molecule has 1 atom stereocenters. The first-order valence-corrected chi connectivity index (χ1v) is 5.36. The summed E-state index contributed by atoms with van der Waals surface area (Å²) in [5.74, 6) is -1.32. The van der Waals surface area contributed by atoms with E-state index in [0.29, 0.717) is 0 Å². The lowest BCUT2D eigenvalue weighted by Crippen LogP contribution is -2.31. The molecular formula is C11H13F3N2O3. The highest BCUT2D eigenvalue weighted by molar-refractivity contribution is 5.76. The van der Waals surface area contributed by atoms with Crippen molar-refractivity contribution in [1.29, 1.82) is 0 Å². The van der Waals surface area contributed by atoms with Crippen LogP contribution in [0.2, 0.25) is 0 Å². The van der Waals surface area contributed by atoms with Crippen LogP contribution in [-0.4, -0.2) is 35.8 Å². The Morgan fingerprint density at radius 1 is 1.58 bits per heavy atom. The number of halogens is 3. The van der Waals surface area contributed by atoms with E-state index in [2.05, 4.69) is 10.3 Å². The molecule has 5 nitrogen and oxygen atoms in total. The number of hydrogen-bond acceptors (Lipinski definition) is 4. The Kier molecular flexibility index (Phi) is 5.11. The van der Waals surface area contributed by atoms with Gasteiger partial charge in [-0.3, -0.25) is 0 Å². The molecule has 0 aromatic carbocycles. The monoisotopic (exact) mass is 278 g/mol. The Balaban J connectivity index is 2.82. The summed E-state index contributed by atoms with van der Waals surface area (Å²) in [6.07, 6.45) is -3.41. The Morgan fingerprint density at radius 3 is 2.79 bits per heavy atom. The first-order chi connectivity index (χ1) is 8.84. The highest BCUT2D eigenvalue weighted by Crippen LogP contribution is 2.30. The number of rotatable bonds is 6. The fourth-order valence-corrected chi connectivity index (χ4v) is 1.36. The number of aromatic nitrogens is 1. The molecule has 8 heteroatoms. The zero-order valence-corrected chi connectivity index (χ0v) is 10.1. The second-order valence-electron chi connectivity index (χ2n) is 3.74. The van der Waals surface area contributed by atoms with Crippen molar-refractivity contribution in [2.24, 2.45) is 0 Å². The summed E-state index contributed by atoms with van der Waals surface area (Å²) in [7, 11) is 1.40. The molecule has 0 radical (unpaired) electrons. The average molecular weight is 278 g/mol. The average Bonchev–Trinajstić information content (AvgIpc) is 2.33. The number of aliphatic carboxylic acids is 1. The summed E-state index contributed by atoms with van der Waals surface area (Å²) in [5.41, 5.74) is -0.888. The highest BCUT2D eigenvalue weighted by Gasteiger charge is 2.31. The van der Waals surface area contributed by atoms with Crippen molar-refractivity contribution in [2.75, 3.05) is 19.0 Å². The molecule has 2 N–H and O–H groups in total. The van der Waals surface area contributed by atoms with Crippen molar-refractivity contribution < 1.29 is 27.8 Å². The zero-order chi connectivity index (χ0) is 14.5. The van der Waals surface area contributed by atoms with Crippen LogP contribution < -0.4 is 5.32 Å². The van der Waals surface area contributed by atoms with Crippen molar-refractivity contribution in [3.05, 3.63) is 23.9 Å². The standard InChI is InChI=1S/C11H13F3N2O3/c1-19-5-3-8(10(17)18)16-9-6-7(2-4-15-9)11(12,13)14/h2,4,6,8H,3,5H2,1H3,(H,15,16)(H,17,18). The number of carbonyl (C=O) groups is 1. The molecule has 0 aliphatic rings. The molecule has 0 aliphatic carbocycles. The zero-order valence-electron chi connectivity index (χ0n) is 10.1. The molecule has 0 saturated heterocycles. The van der Waals surface area contributed by atoms with Gasteiger partial charge in [0.15, 0.2) is 0 Å². The van der Waals surface area contributed by atoms with Crippen molar-refractivity contribution in [2.45, 2.75) is 18.6 Å². The summed E-state index contributed by atoms with van der Waals surface area (Å²) in [6, 6.07) is 0.523. The molecule has 0 amide bonds. The number of carboxylic acids is 1. The summed E-state index contributed by atoms with van der Waals surface area (Å²) in [4.78, 5) is 14.6. The lowest BCUT2D eigenvalue weighted by atomic mass is 10.2. The van der Waals surface area contributed by atoms with Crippen LogP contribution in [0.5, 0.6) is 0 Å². The molecule has 0 spiro atoms. The van der Waals surface area contributed by atoms with Gasteiger partial charge < -0.3 is 15.2 Å². The number of methoxy groups -OCH3 is 1. The topological polar surface area (TPSA) is 71.5 Å². The largest absolute Gasteiger partial charge is 0.480 e. The van der Waals surface area contributed by atoms with E-state index in [1.54, 1.807) is 0 Å². The number of alkyl halides is 3. The van der Waals surface area contributed by atoms with Gasteiger partial charge in [-0.1, -0.05) is 0 Å². The van der Waals surface area contributed by atoms with Gasteiger partial charge in [-0.15, -0.1) is 0 Å². The maximum absolute atomic E-state index is 12.5. The minimum absolute atomic E-state index is 0.115. The van der Waals surface area contributed by atoms with Crippen LogP contribution in [0.3, 0.4) is 0 Å². The smallest absolute Gasteiger partial charge is 0.416 e. The molecule has 1 aromatic rings. The molecule has 0 bridgehead atoms. The van der Waals surface area contributed by atoms with Gasteiger partial charge in [0, 0.05) is 26.3 Å². The van der Waals surface area contributed by atoms with Crippen LogP contribution in [0.15, 0.2) is 18.3 Å². The molecule has 1 unspecified atom stereocenters. The number of nitrogens with zero attached hydrogens (tertiary/aromatic N) is 1. The number of carboxylic acid groups (broad SMARTS) is 1.